The van der Waals surface area contributed by atoms with E-state index >= 15 is 0 Å². The first-order chi connectivity index (χ1) is 14.3. The number of aliphatic hydroxyl groups is 1. The molecule has 0 spiro atoms. The van der Waals surface area contributed by atoms with Crippen molar-refractivity contribution in [1.29, 1.82) is 0 Å². The van der Waals surface area contributed by atoms with E-state index in [4.69, 9.17) is 11.6 Å². The third-order valence-electron chi connectivity index (χ3n) is 5.63. The van der Waals surface area contributed by atoms with Crippen LogP contribution in [0.1, 0.15) is 39.0 Å². The lowest BCUT2D eigenvalue weighted by Crippen LogP contribution is -2.41. The van der Waals surface area contributed by atoms with Gasteiger partial charge in [-0.25, -0.2) is 0 Å². The van der Waals surface area contributed by atoms with E-state index < -0.39 is 11.5 Å². The maximum atomic E-state index is 13.4. The minimum absolute atomic E-state index is 0.300. The molecular weight excluding hydrogens is 398 g/mol. The highest BCUT2D eigenvalue weighted by Crippen LogP contribution is 2.44. The summed E-state index contributed by atoms with van der Waals surface area (Å²) in [6.07, 6.45) is -0.341. The van der Waals surface area contributed by atoms with E-state index in [1.807, 2.05) is 32.0 Å². The number of fused-ring (bicyclic) bond motifs is 1. The number of anilines is 1. The Morgan fingerprint density at radius 1 is 1.03 bits per heavy atom. The van der Waals surface area contributed by atoms with Crippen LogP contribution in [-0.2, 0) is 16.9 Å². The summed E-state index contributed by atoms with van der Waals surface area (Å²) in [7, 11) is 0. The van der Waals surface area contributed by atoms with Gasteiger partial charge in [0.1, 0.15) is 0 Å². The maximum Gasteiger partial charge on any atom is 0.264 e. The highest BCUT2D eigenvalue weighted by Gasteiger charge is 2.51. The molecule has 1 aliphatic heterocycles. The number of carbonyl (C=O) groups excluding carboxylic acids is 2. The molecular formula is C25H22ClNO3. The highest BCUT2D eigenvalue weighted by atomic mass is 35.5. The lowest BCUT2D eigenvalue weighted by molar-refractivity contribution is -0.136. The summed E-state index contributed by atoms with van der Waals surface area (Å²) in [6, 6.07) is 19.7. The molecule has 0 bridgehead atoms. The van der Waals surface area contributed by atoms with Gasteiger partial charge in [-0.05, 0) is 43.2 Å². The van der Waals surface area contributed by atoms with Crippen molar-refractivity contribution in [3.05, 3.63) is 99.6 Å². The molecule has 1 N–H and O–H groups in total. The number of Topliss-reactive ketones (excluding diaryl/α,β-unsaturated/α-hetero) is 1. The van der Waals surface area contributed by atoms with Crippen LogP contribution >= 0.6 is 11.6 Å². The number of halogens is 1. The number of hydrogen-bond donors (Lipinski definition) is 1. The molecule has 0 saturated carbocycles. The topological polar surface area (TPSA) is 57.6 Å². The van der Waals surface area contributed by atoms with E-state index in [1.165, 1.54) is 0 Å². The smallest absolute Gasteiger partial charge is 0.264 e. The Labute approximate surface area is 180 Å². The predicted octanol–water partition coefficient (Wildman–Crippen LogP) is 4.96. The molecule has 0 saturated heterocycles. The second-order valence-corrected chi connectivity index (χ2v) is 8.25. The zero-order chi connectivity index (χ0) is 21.5. The molecule has 4 rings (SSSR count). The monoisotopic (exact) mass is 419 g/mol. The van der Waals surface area contributed by atoms with Gasteiger partial charge < -0.3 is 10.0 Å². The maximum absolute atomic E-state index is 13.4. The van der Waals surface area contributed by atoms with E-state index in [-0.39, 0.29) is 12.2 Å². The van der Waals surface area contributed by atoms with Crippen LogP contribution in [0.25, 0.3) is 0 Å². The molecule has 152 valence electrons. The van der Waals surface area contributed by atoms with Gasteiger partial charge in [0.25, 0.3) is 5.91 Å². The summed E-state index contributed by atoms with van der Waals surface area (Å²) < 4.78 is 0. The third kappa shape index (κ3) is 3.53. The SMILES string of the molecule is Cc1ccc(CN2C(=O)[C@](O)(CC(=O)c3ccccc3)c3cc(Cl)ccc32)c(C)c1. The molecule has 0 aromatic heterocycles. The Bertz CT molecular complexity index is 1140. The number of carbonyl (C=O) groups is 2. The third-order valence-corrected chi connectivity index (χ3v) is 5.87. The summed E-state index contributed by atoms with van der Waals surface area (Å²) in [4.78, 5) is 27.8. The molecule has 0 aliphatic carbocycles. The lowest BCUT2D eigenvalue weighted by atomic mass is 9.88. The second-order valence-electron chi connectivity index (χ2n) is 7.81. The molecule has 1 heterocycles. The molecule has 5 heteroatoms. The second kappa shape index (κ2) is 7.71. The standard InChI is InChI=1S/C25H22ClNO3/c1-16-8-9-19(17(2)12-16)15-27-22-11-10-20(26)13-21(22)25(30,24(27)29)14-23(28)18-6-4-3-5-7-18/h3-13,30H,14-15H2,1-2H3/t25-/m0/s1. The Balaban J connectivity index is 1.73. The van der Waals surface area contributed by atoms with Crippen molar-refractivity contribution in [2.75, 3.05) is 4.90 Å². The van der Waals surface area contributed by atoms with Crippen molar-refractivity contribution in [2.45, 2.75) is 32.4 Å². The van der Waals surface area contributed by atoms with E-state index in [0.29, 0.717) is 28.4 Å². The lowest BCUT2D eigenvalue weighted by Gasteiger charge is -2.23. The zero-order valence-corrected chi connectivity index (χ0v) is 17.6. The van der Waals surface area contributed by atoms with Crippen LogP contribution in [0.3, 0.4) is 0 Å². The van der Waals surface area contributed by atoms with Gasteiger partial charge >= 0.3 is 0 Å². The Kier molecular flexibility index (Phi) is 5.22. The Morgan fingerprint density at radius 3 is 2.47 bits per heavy atom. The first-order valence-electron chi connectivity index (χ1n) is 9.78. The molecule has 1 amide bonds. The van der Waals surface area contributed by atoms with E-state index in [9.17, 15) is 14.7 Å². The van der Waals surface area contributed by atoms with E-state index in [2.05, 4.69) is 6.07 Å². The fourth-order valence-corrected chi connectivity index (χ4v) is 4.17. The number of nitrogens with zero attached hydrogens (tertiary/aromatic N) is 1. The molecule has 3 aromatic carbocycles. The van der Waals surface area contributed by atoms with Crippen molar-refractivity contribution in [1.82, 2.24) is 0 Å². The molecule has 0 fully saturated rings. The molecule has 1 atom stereocenters. The van der Waals surface area contributed by atoms with Crippen LogP contribution < -0.4 is 4.90 Å². The van der Waals surface area contributed by atoms with Gasteiger partial charge in [0.2, 0.25) is 0 Å². The largest absolute Gasteiger partial charge is 0.375 e. The van der Waals surface area contributed by atoms with Gasteiger partial charge in [-0.2, -0.15) is 0 Å². The van der Waals surface area contributed by atoms with Crippen molar-refractivity contribution < 1.29 is 14.7 Å². The van der Waals surface area contributed by atoms with Crippen LogP contribution in [0.4, 0.5) is 5.69 Å². The summed E-state index contributed by atoms with van der Waals surface area (Å²) >= 11 is 6.18. The van der Waals surface area contributed by atoms with E-state index in [1.54, 1.807) is 47.4 Å². The first-order valence-corrected chi connectivity index (χ1v) is 10.2. The number of benzene rings is 3. The summed E-state index contributed by atoms with van der Waals surface area (Å²) in [5.74, 6) is -0.810. The van der Waals surface area contributed by atoms with Gasteiger partial charge in [0.05, 0.1) is 18.7 Å². The molecule has 4 nitrogen and oxygen atoms in total. The minimum atomic E-state index is -1.95. The highest BCUT2D eigenvalue weighted by molar-refractivity contribution is 6.31. The molecule has 1 aliphatic rings. The van der Waals surface area contributed by atoms with Gasteiger partial charge in [-0.15, -0.1) is 0 Å². The minimum Gasteiger partial charge on any atom is -0.375 e. The number of rotatable bonds is 5. The molecule has 0 unspecified atom stereocenters. The van der Waals surface area contributed by atoms with Crippen LogP contribution in [0.15, 0.2) is 66.7 Å². The van der Waals surface area contributed by atoms with Gasteiger partial charge in [-0.3, -0.25) is 9.59 Å². The van der Waals surface area contributed by atoms with Crippen LogP contribution in [0.2, 0.25) is 5.02 Å². The van der Waals surface area contributed by atoms with Gasteiger partial charge in [0.15, 0.2) is 11.4 Å². The molecule has 30 heavy (non-hydrogen) atoms. The zero-order valence-electron chi connectivity index (χ0n) is 16.9. The number of hydrogen-bond acceptors (Lipinski definition) is 3. The van der Waals surface area contributed by atoms with Crippen molar-refractivity contribution >= 4 is 29.0 Å². The summed E-state index contributed by atoms with van der Waals surface area (Å²) in [5, 5.41) is 11.9. The molecule has 3 aromatic rings. The summed E-state index contributed by atoms with van der Waals surface area (Å²) in [5.41, 5.74) is 2.63. The predicted molar refractivity (Wildman–Crippen MR) is 118 cm³/mol. The number of aryl methyl sites for hydroxylation is 2. The quantitative estimate of drug-likeness (QED) is 0.594. The summed E-state index contributed by atoms with van der Waals surface area (Å²) in [6.45, 7) is 4.32. The van der Waals surface area contributed by atoms with Crippen molar-refractivity contribution in [2.24, 2.45) is 0 Å². The van der Waals surface area contributed by atoms with Gasteiger partial charge in [0, 0.05) is 16.1 Å². The fourth-order valence-electron chi connectivity index (χ4n) is 4.00. The van der Waals surface area contributed by atoms with Crippen LogP contribution in [-0.4, -0.2) is 16.8 Å². The Morgan fingerprint density at radius 2 is 1.77 bits per heavy atom. The Hall–Kier alpha value is -2.95. The number of amides is 1. The fraction of sp³-hybridized carbons (Fsp3) is 0.200. The number of ketones is 1. The first kappa shape index (κ1) is 20.3. The molecule has 0 radical (unpaired) electrons. The van der Waals surface area contributed by atoms with Crippen LogP contribution in [0.5, 0.6) is 0 Å². The van der Waals surface area contributed by atoms with Crippen molar-refractivity contribution in [3.63, 3.8) is 0 Å². The van der Waals surface area contributed by atoms with Gasteiger partial charge in [-0.1, -0.05) is 65.7 Å². The van der Waals surface area contributed by atoms with E-state index in [0.717, 1.165) is 16.7 Å². The van der Waals surface area contributed by atoms with Crippen LogP contribution in [0, 0.1) is 13.8 Å². The van der Waals surface area contributed by atoms with Crippen molar-refractivity contribution in [3.8, 4) is 0 Å². The average Bonchev–Trinajstić information content (AvgIpc) is 2.92. The normalized spacial score (nSPS) is 17.9. The average molecular weight is 420 g/mol.